The highest BCUT2D eigenvalue weighted by Gasteiger charge is 2.17. The minimum atomic E-state index is -0.861. The number of hydrogen-bond acceptors (Lipinski definition) is 3. The van der Waals surface area contributed by atoms with Gasteiger partial charge in [0.15, 0.2) is 0 Å². The minimum Gasteiger partial charge on any atom is -0.394 e. The van der Waals surface area contributed by atoms with Crippen molar-refractivity contribution in [2.45, 2.75) is 225 Å². The van der Waals surface area contributed by atoms with Crippen LogP contribution >= 0.6 is 0 Å². The van der Waals surface area contributed by atoms with Gasteiger partial charge in [0.2, 0.25) is 5.91 Å². The SMILES string of the molecule is CCCCCCC/C=C\C/C=C\CCCCCCCCCCCCCCCC(=O)NC(CO)C(O)/C=C/CC/C=C/CCCCCCCC. The minimum absolute atomic E-state index is 0.0768. The van der Waals surface area contributed by atoms with Crippen LogP contribution in [0.3, 0.4) is 0 Å². The van der Waals surface area contributed by atoms with Crippen molar-refractivity contribution in [2.75, 3.05) is 6.61 Å². The summed E-state index contributed by atoms with van der Waals surface area (Å²) in [6.07, 6.45) is 55.0. The zero-order valence-electron chi connectivity index (χ0n) is 32.7. The van der Waals surface area contributed by atoms with E-state index in [1.54, 1.807) is 6.08 Å². The van der Waals surface area contributed by atoms with Crippen LogP contribution in [-0.4, -0.2) is 34.9 Å². The number of hydrogen-bond donors (Lipinski definition) is 3. The molecule has 0 saturated carbocycles. The highest BCUT2D eigenvalue weighted by Crippen LogP contribution is 2.14. The molecule has 4 heteroatoms. The van der Waals surface area contributed by atoms with Gasteiger partial charge in [0.1, 0.15) is 0 Å². The summed E-state index contributed by atoms with van der Waals surface area (Å²) in [5, 5.41) is 22.9. The third kappa shape index (κ3) is 37.4. The maximum absolute atomic E-state index is 12.4. The number of amides is 1. The molecule has 0 fully saturated rings. The van der Waals surface area contributed by atoms with Gasteiger partial charge in [-0.25, -0.2) is 0 Å². The summed E-state index contributed by atoms with van der Waals surface area (Å²) in [6, 6.07) is -0.638. The third-order valence-electron chi connectivity index (χ3n) is 9.53. The zero-order chi connectivity index (χ0) is 35.7. The Balaban J connectivity index is 3.56. The molecule has 0 aromatic rings. The van der Waals surface area contributed by atoms with Gasteiger partial charge < -0.3 is 15.5 Å². The number of carbonyl (C=O) groups excluding carboxylic acids is 1. The summed E-state index contributed by atoms with van der Waals surface area (Å²) in [5.74, 6) is -0.0768. The van der Waals surface area contributed by atoms with Gasteiger partial charge in [0.25, 0.3) is 0 Å². The number of aliphatic hydroxyl groups excluding tert-OH is 2. The van der Waals surface area contributed by atoms with E-state index < -0.39 is 12.1 Å². The molecule has 0 aliphatic heterocycles. The summed E-state index contributed by atoms with van der Waals surface area (Å²) in [7, 11) is 0. The molecule has 286 valence electrons. The number of unbranched alkanes of at least 4 members (excludes halogenated alkanes) is 25. The molecular formula is C45H83NO3. The Bertz CT molecular complexity index is 786. The molecule has 0 aromatic carbocycles. The Kier molecular flexibility index (Phi) is 39.4. The van der Waals surface area contributed by atoms with Crippen molar-refractivity contribution in [1.82, 2.24) is 5.32 Å². The summed E-state index contributed by atoms with van der Waals surface area (Å²) < 4.78 is 0. The normalized spacial score (nSPS) is 13.5. The van der Waals surface area contributed by atoms with Gasteiger partial charge in [-0.3, -0.25) is 4.79 Å². The topological polar surface area (TPSA) is 69.6 Å². The first-order chi connectivity index (χ1) is 24.2. The summed E-state index contributed by atoms with van der Waals surface area (Å²) in [5.41, 5.74) is 0. The molecule has 1 amide bonds. The lowest BCUT2D eigenvalue weighted by molar-refractivity contribution is -0.123. The van der Waals surface area contributed by atoms with Crippen molar-refractivity contribution >= 4 is 5.91 Å². The molecule has 0 saturated heterocycles. The molecule has 3 N–H and O–H groups in total. The first kappa shape index (κ1) is 47.4. The van der Waals surface area contributed by atoms with Crippen LogP contribution in [0.5, 0.6) is 0 Å². The molecule has 0 aliphatic carbocycles. The first-order valence-electron chi connectivity index (χ1n) is 21.4. The lowest BCUT2D eigenvalue weighted by atomic mass is 10.0. The van der Waals surface area contributed by atoms with Crippen LogP contribution in [0.2, 0.25) is 0 Å². The average Bonchev–Trinajstić information content (AvgIpc) is 3.10. The molecule has 0 rings (SSSR count). The van der Waals surface area contributed by atoms with Crippen LogP contribution in [-0.2, 0) is 4.79 Å². The van der Waals surface area contributed by atoms with Crippen molar-refractivity contribution < 1.29 is 15.0 Å². The van der Waals surface area contributed by atoms with E-state index in [0.717, 1.165) is 38.5 Å². The Morgan fingerprint density at radius 1 is 0.490 bits per heavy atom. The average molecular weight is 686 g/mol. The largest absolute Gasteiger partial charge is 0.394 e. The quantitative estimate of drug-likeness (QED) is 0.0447. The first-order valence-corrected chi connectivity index (χ1v) is 21.4. The third-order valence-corrected chi connectivity index (χ3v) is 9.53. The summed E-state index contributed by atoms with van der Waals surface area (Å²) >= 11 is 0. The van der Waals surface area contributed by atoms with E-state index in [0.29, 0.717) is 6.42 Å². The fraction of sp³-hybridized carbons (Fsp3) is 0.800. The highest BCUT2D eigenvalue weighted by molar-refractivity contribution is 5.76. The Hall–Kier alpha value is -1.65. The lowest BCUT2D eigenvalue weighted by Gasteiger charge is -2.19. The fourth-order valence-corrected chi connectivity index (χ4v) is 6.22. The van der Waals surface area contributed by atoms with Crippen molar-refractivity contribution in [3.63, 3.8) is 0 Å². The van der Waals surface area contributed by atoms with Gasteiger partial charge in [-0.15, -0.1) is 0 Å². The molecule has 2 atom stereocenters. The molecule has 0 aliphatic rings. The Labute approximate surface area is 305 Å². The van der Waals surface area contributed by atoms with Gasteiger partial charge in [-0.2, -0.15) is 0 Å². The van der Waals surface area contributed by atoms with E-state index >= 15 is 0 Å². The Morgan fingerprint density at radius 3 is 1.31 bits per heavy atom. The van der Waals surface area contributed by atoms with Crippen molar-refractivity contribution in [3.05, 3.63) is 48.6 Å². The van der Waals surface area contributed by atoms with Gasteiger partial charge >= 0.3 is 0 Å². The molecule has 0 aromatic heterocycles. The molecule has 2 unspecified atom stereocenters. The smallest absolute Gasteiger partial charge is 0.220 e. The van der Waals surface area contributed by atoms with Gasteiger partial charge in [-0.1, -0.05) is 191 Å². The van der Waals surface area contributed by atoms with Gasteiger partial charge in [-0.05, 0) is 64.2 Å². The number of allylic oxidation sites excluding steroid dienone is 7. The van der Waals surface area contributed by atoms with Crippen LogP contribution < -0.4 is 5.32 Å². The molecule has 0 bridgehead atoms. The maximum atomic E-state index is 12.4. The summed E-state index contributed by atoms with van der Waals surface area (Å²) in [4.78, 5) is 12.4. The van der Waals surface area contributed by atoms with E-state index in [1.807, 2.05) is 6.08 Å². The predicted octanol–water partition coefficient (Wildman–Crippen LogP) is 13.2. The molecule has 0 radical (unpaired) electrons. The predicted molar refractivity (Wildman–Crippen MR) is 216 cm³/mol. The second kappa shape index (κ2) is 40.8. The van der Waals surface area contributed by atoms with Crippen molar-refractivity contribution in [3.8, 4) is 0 Å². The van der Waals surface area contributed by atoms with Crippen LogP contribution in [0.4, 0.5) is 0 Å². The van der Waals surface area contributed by atoms with Gasteiger partial charge in [0.05, 0.1) is 18.8 Å². The van der Waals surface area contributed by atoms with Crippen molar-refractivity contribution in [1.29, 1.82) is 0 Å². The van der Waals surface area contributed by atoms with Crippen molar-refractivity contribution in [2.24, 2.45) is 0 Å². The number of aliphatic hydroxyl groups is 2. The van der Waals surface area contributed by atoms with Crippen LogP contribution in [0.1, 0.15) is 213 Å². The molecular weight excluding hydrogens is 602 g/mol. The highest BCUT2D eigenvalue weighted by atomic mass is 16.3. The molecule has 4 nitrogen and oxygen atoms in total. The van der Waals surface area contributed by atoms with Crippen LogP contribution in [0, 0.1) is 0 Å². The van der Waals surface area contributed by atoms with E-state index in [9.17, 15) is 15.0 Å². The number of carbonyl (C=O) groups is 1. The van der Waals surface area contributed by atoms with E-state index in [4.69, 9.17) is 0 Å². The standard InChI is InChI=1S/C45H83NO3/c1-3-5-7-9-11-13-15-17-18-19-20-21-22-23-24-25-26-27-28-29-31-33-35-37-39-41-45(49)46-43(42-47)44(48)40-38-36-34-32-30-16-14-12-10-8-6-4-2/h15,17,19-20,30,32,38,40,43-44,47-48H,3-14,16,18,21-29,31,33-37,39,41-42H2,1-2H3,(H,46,49)/b17-15-,20-19-,32-30+,40-38+. The fourth-order valence-electron chi connectivity index (χ4n) is 6.22. The van der Waals surface area contributed by atoms with Gasteiger partial charge in [0, 0.05) is 6.42 Å². The Morgan fingerprint density at radius 2 is 0.857 bits per heavy atom. The maximum Gasteiger partial charge on any atom is 0.220 e. The molecule has 49 heavy (non-hydrogen) atoms. The molecule has 0 spiro atoms. The van der Waals surface area contributed by atoms with Crippen LogP contribution in [0.15, 0.2) is 48.6 Å². The second-order valence-corrected chi connectivity index (χ2v) is 14.4. The van der Waals surface area contributed by atoms with E-state index in [1.165, 1.54) is 154 Å². The lowest BCUT2D eigenvalue weighted by Crippen LogP contribution is -2.45. The zero-order valence-corrected chi connectivity index (χ0v) is 32.7. The monoisotopic (exact) mass is 686 g/mol. The second-order valence-electron chi connectivity index (χ2n) is 14.4. The van der Waals surface area contributed by atoms with Crippen LogP contribution in [0.25, 0.3) is 0 Å². The summed E-state index contributed by atoms with van der Waals surface area (Å²) in [6.45, 7) is 4.26. The number of rotatable bonds is 38. The molecule has 0 heterocycles. The van der Waals surface area contributed by atoms with E-state index in [2.05, 4.69) is 55.6 Å². The van der Waals surface area contributed by atoms with E-state index in [-0.39, 0.29) is 12.5 Å². The number of nitrogens with one attached hydrogen (secondary N) is 1.